The van der Waals surface area contributed by atoms with Crippen LogP contribution in [0.1, 0.15) is 13.3 Å². The molecule has 0 aromatic heterocycles. The molecule has 4 amide bonds. The number of fused-ring (bicyclic) bond motifs is 1. The highest BCUT2D eigenvalue weighted by Crippen LogP contribution is 2.13. The van der Waals surface area contributed by atoms with Crippen molar-refractivity contribution >= 4 is 12.1 Å². The van der Waals surface area contributed by atoms with E-state index in [1.165, 1.54) is 0 Å². The average molecular weight is 226 g/mol. The van der Waals surface area contributed by atoms with Crippen LogP contribution in [0.2, 0.25) is 0 Å². The molecular formula is C10H18N4O2. The monoisotopic (exact) mass is 226 g/mol. The lowest BCUT2D eigenvalue weighted by Gasteiger charge is -2.36. The third kappa shape index (κ3) is 2.05. The Labute approximate surface area is 95.0 Å². The zero-order valence-electron chi connectivity index (χ0n) is 9.53. The van der Waals surface area contributed by atoms with E-state index in [1.807, 2.05) is 11.8 Å². The van der Waals surface area contributed by atoms with Crippen LogP contribution in [0.4, 0.5) is 9.59 Å². The fourth-order valence-corrected chi connectivity index (χ4v) is 2.13. The minimum absolute atomic E-state index is 0.00128. The van der Waals surface area contributed by atoms with Gasteiger partial charge in [-0.25, -0.2) is 9.59 Å². The molecule has 2 aliphatic heterocycles. The predicted molar refractivity (Wildman–Crippen MR) is 59.2 cm³/mol. The average Bonchev–Trinajstić information content (AvgIpc) is 2.67. The number of hydrogen-bond acceptors (Lipinski definition) is 2. The number of rotatable bonds is 2. The van der Waals surface area contributed by atoms with Crippen LogP contribution in [0.25, 0.3) is 0 Å². The van der Waals surface area contributed by atoms with E-state index in [0.29, 0.717) is 32.7 Å². The van der Waals surface area contributed by atoms with Crippen LogP contribution in [0.15, 0.2) is 0 Å². The Bertz CT molecular complexity index is 295. The van der Waals surface area contributed by atoms with Gasteiger partial charge in [0.15, 0.2) is 0 Å². The van der Waals surface area contributed by atoms with Crippen LogP contribution >= 0.6 is 0 Å². The Kier molecular flexibility index (Phi) is 3.17. The Balaban J connectivity index is 1.86. The summed E-state index contributed by atoms with van der Waals surface area (Å²) in [5, 5.41) is 5.65. The first-order valence-corrected chi connectivity index (χ1v) is 5.79. The summed E-state index contributed by atoms with van der Waals surface area (Å²) in [5.74, 6) is 0. The minimum Gasteiger partial charge on any atom is -0.338 e. The molecule has 6 heteroatoms. The first-order valence-electron chi connectivity index (χ1n) is 5.79. The van der Waals surface area contributed by atoms with E-state index < -0.39 is 0 Å². The number of piperazine rings is 1. The van der Waals surface area contributed by atoms with Crippen molar-refractivity contribution in [3.8, 4) is 0 Å². The van der Waals surface area contributed by atoms with E-state index in [-0.39, 0.29) is 18.1 Å². The van der Waals surface area contributed by atoms with Gasteiger partial charge in [0.2, 0.25) is 0 Å². The molecule has 1 atom stereocenters. The highest BCUT2D eigenvalue weighted by Gasteiger charge is 2.36. The zero-order chi connectivity index (χ0) is 11.5. The van der Waals surface area contributed by atoms with Gasteiger partial charge in [-0.2, -0.15) is 0 Å². The Morgan fingerprint density at radius 2 is 2.38 bits per heavy atom. The summed E-state index contributed by atoms with van der Waals surface area (Å²) in [5.41, 5.74) is 0. The largest absolute Gasteiger partial charge is 0.338 e. The molecule has 0 bridgehead atoms. The number of nitrogens with zero attached hydrogens (tertiary/aromatic N) is 2. The third-order valence-corrected chi connectivity index (χ3v) is 3.05. The number of carbonyl (C=O) groups excluding carboxylic acids is 2. The van der Waals surface area contributed by atoms with E-state index in [9.17, 15) is 9.59 Å². The summed E-state index contributed by atoms with van der Waals surface area (Å²) >= 11 is 0. The van der Waals surface area contributed by atoms with Crippen molar-refractivity contribution in [1.29, 1.82) is 0 Å². The van der Waals surface area contributed by atoms with E-state index in [4.69, 9.17) is 0 Å². The Morgan fingerprint density at radius 1 is 1.56 bits per heavy atom. The van der Waals surface area contributed by atoms with Crippen molar-refractivity contribution in [3.63, 3.8) is 0 Å². The van der Waals surface area contributed by atoms with Crippen molar-refractivity contribution in [3.05, 3.63) is 0 Å². The summed E-state index contributed by atoms with van der Waals surface area (Å²) in [6, 6.07) is 0.132. The van der Waals surface area contributed by atoms with E-state index >= 15 is 0 Å². The molecular weight excluding hydrogens is 208 g/mol. The molecule has 2 heterocycles. The maximum atomic E-state index is 11.7. The molecule has 0 aliphatic carbocycles. The van der Waals surface area contributed by atoms with Crippen LogP contribution in [-0.2, 0) is 0 Å². The number of hydrogen-bond donors (Lipinski definition) is 2. The summed E-state index contributed by atoms with van der Waals surface area (Å²) in [6.07, 6.45) is 0.940. The predicted octanol–water partition coefficient (Wildman–Crippen LogP) is -0.185. The highest BCUT2D eigenvalue weighted by molar-refractivity contribution is 5.78. The molecule has 16 heavy (non-hydrogen) atoms. The Hall–Kier alpha value is -1.46. The number of nitrogens with one attached hydrogen (secondary N) is 2. The second kappa shape index (κ2) is 4.59. The fraction of sp³-hybridized carbons (Fsp3) is 0.800. The molecule has 2 fully saturated rings. The van der Waals surface area contributed by atoms with Crippen LogP contribution in [-0.4, -0.2) is 60.6 Å². The molecule has 0 aromatic rings. The summed E-state index contributed by atoms with van der Waals surface area (Å²) in [7, 11) is 0. The van der Waals surface area contributed by atoms with Crippen LogP contribution in [0.3, 0.4) is 0 Å². The van der Waals surface area contributed by atoms with Gasteiger partial charge in [0.1, 0.15) is 0 Å². The van der Waals surface area contributed by atoms with Crippen LogP contribution in [0, 0.1) is 0 Å². The van der Waals surface area contributed by atoms with Gasteiger partial charge in [-0.1, -0.05) is 6.92 Å². The molecule has 2 aliphatic rings. The van der Waals surface area contributed by atoms with Crippen LogP contribution < -0.4 is 10.6 Å². The quantitative estimate of drug-likeness (QED) is 0.685. The fourth-order valence-electron chi connectivity index (χ4n) is 2.13. The van der Waals surface area contributed by atoms with Gasteiger partial charge in [0.25, 0.3) is 0 Å². The number of carbonyl (C=O) groups is 2. The molecule has 2 saturated heterocycles. The molecule has 0 aromatic carbocycles. The van der Waals surface area contributed by atoms with Gasteiger partial charge in [-0.05, 0) is 6.42 Å². The maximum Gasteiger partial charge on any atom is 0.317 e. The third-order valence-electron chi connectivity index (χ3n) is 3.05. The van der Waals surface area contributed by atoms with Crippen molar-refractivity contribution in [2.75, 3.05) is 32.7 Å². The summed E-state index contributed by atoms with van der Waals surface area (Å²) in [4.78, 5) is 26.7. The topological polar surface area (TPSA) is 64.7 Å². The molecule has 2 rings (SSSR count). The molecule has 1 unspecified atom stereocenters. The van der Waals surface area contributed by atoms with Crippen LogP contribution in [0.5, 0.6) is 0 Å². The highest BCUT2D eigenvalue weighted by atomic mass is 16.2. The van der Waals surface area contributed by atoms with Gasteiger partial charge in [0.05, 0.1) is 6.04 Å². The maximum absolute atomic E-state index is 11.7. The first-order chi connectivity index (χ1) is 7.72. The van der Waals surface area contributed by atoms with Crippen molar-refractivity contribution in [1.82, 2.24) is 20.4 Å². The molecule has 90 valence electrons. The standard InChI is InChI=1S/C10H18N4O2/c1-2-3-11-9(15)13-4-5-14-8(7-13)6-12-10(14)16/h8H,2-7H2,1H3,(H,11,15)(H,12,16). The lowest BCUT2D eigenvalue weighted by molar-refractivity contribution is 0.129. The van der Waals surface area contributed by atoms with Gasteiger partial charge in [0, 0.05) is 32.7 Å². The molecule has 2 N–H and O–H groups in total. The lowest BCUT2D eigenvalue weighted by Crippen LogP contribution is -2.56. The van der Waals surface area contributed by atoms with E-state index in [2.05, 4.69) is 10.6 Å². The van der Waals surface area contributed by atoms with Gasteiger partial charge in [-0.3, -0.25) is 0 Å². The van der Waals surface area contributed by atoms with Gasteiger partial charge in [-0.15, -0.1) is 0 Å². The normalized spacial score (nSPS) is 24.1. The van der Waals surface area contributed by atoms with Crippen molar-refractivity contribution in [2.45, 2.75) is 19.4 Å². The Morgan fingerprint density at radius 3 is 3.12 bits per heavy atom. The molecule has 0 radical (unpaired) electrons. The first kappa shape index (κ1) is 11.0. The second-order valence-corrected chi connectivity index (χ2v) is 4.21. The van der Waals surface area contributed by atoms with Crippen molar-refractivity contribution in [2.24, 2.45) is 0 Å². The second-order valence-electron chi connectivity index (χ2n) is 4.21. The van der Waals surface area contributed by atoms with E-state index in [0.717, 1.165) is 6.42 Å². The zero-order valence-corrected chi connectivity index (χ0v) is 9.53. The smallest absolute Gasteiger partial charge is 0.317 e. The van der Waals surface area contributed by atoms with E-state index in [1.54, 1.807) is 4.90 Å². The summed E-state index contributed by atoms with van der Waals surface area (Å²) < 4.78 is 0. The number of amides is 4. The van der Waals surface area contributed by atoms with Crippen molar-refractivity contribution < 1.29 is 9.59 Å². The summed E-state index contributed by atoms with van der Waals surface area (Å²) in [6.45, 7) is 5.28. The molecule has 0 saturated carbocycles. The number of urea groups is 2. The lowest BCUT2D eigenvalue weighted by atomic mass is 10.2. The van der Waals surface area contributed by atoms with Gasteiger partial charge < -0.3 is 20.4 Å². The molecule has 6 nitrogen and oxygen atoms in total. The SMILES string of the molecule is CCCNC(=O)N1CCN2C(=O)NCC2C1. The van der Waals surface area contributed by atoms with Gasteiger partial charge >= 0.3 is 12.1 Å². The minimum atomic E-state index is -0.0131. The molecule has 0 spiro atoms.